The first-order valence-electron chi connectivity index (χ1n) is 8.16. The van der Waals surface area contributed by atoms with E-state index < -0.39 is 0 Å². The van der Waals surface area contributed by atoms with Crippen molar-refractivity contribution in [2.45, 2.75) is 26.2 Å². The summed E-state index contributed by atoms with van der Waals surface area (Å²) in [5.74, 6) is 0.0183. The highest BCUT2D eigenvalue weighted by Crippen LogP contribution is 2.25. The van der Waals surface area contributed by atoms with Crippen molar-refractivity contribution in [1.82, 2.24) is 10.6 Å². The second-order valence-corrected chi connectivity index (χ2v) is 5.56. The number of anilines is 1. The summed E-state index contributed by atoms with van der Waals surface area (Å²) in [6.07, 6.45) is 2.26. The molecule has 0 aliphatic carbocycles. The van der Waals surface area contributed by atoms with E-state index in [9.17, 15) is 14.4 Å². The monoisotopic (exact) mass is 333 g/mol. The van der Waals surface area contributed by atoms with Gasteiger partial charge >= 0.3 is 0 Å². The Kier molecular flexibility index (Phi) is 6.60. The van der Waals surface area contributed by atoms with Crippen LogP contribution in [0, 0.1) is 0 Å². The molecule has 24 heavy (non-hydrogen) atoms. The van der Waals surface area contributed by atoms with Crippen molar-refractivity contribution < 1.29 is 19.1 Å². The topological polar surface area (TPSA) is 87.7 Å². The van der Waals surface area contributed by atoms with Crippen LogP contribution in [0.2, 0.25) is 0 Å². The Bertz CT molecular complexity index is 603. The van der Waals surface area contributed by atoms with Gasteiger partial charge in [0.2, 0.25) is 11.8 Å². The lowest BCUT2D eigenvalue weighted by Gasteiger charge is -2.16. The zero-order chi connectivity index (χ0) is 17.4. The smallest absolute Gasteiger partial charge is 0.258 e. The van der Waals surface area contributed by atoms with Crippen LogP contribution in [-0.2, 0) is 14.4 Å². The summed E-state index contributed by atoms with van der Waals surface area (Å²) in [4.78, 5) is 36.6. The number of ether oxygens (including phenoxy) is 1. The molecular weight excluding hydrogens is 310 g/mol. The molecule has 1 heterocycles. The molecule has 1 aromatic rings. The van der Waals surface area contributed by atoms with Crippen molar-refractivity contribution in [2.24, 2.45) is 0 Å². The molecule has 3 amide bonds. The van der Waals surface area contributed by atoms with Gasteiger partial charge in [0.05, 0.1) is 6.54 Å². The summed E-state index contributed by atoms with van der Waals surface area (Å²) in [5.41, 5.74) is 0.773. The maximum absolute atomic E-state index is 11.8. The zero-order valence-electron chi connectivity index (χ0n) is 13.8. The van der Waals surface area contributed by atoms with E-state index in [1.807, 2.05) is 13.0 Å². The van der Waals surface area contributed by atoms with Crippen LogP contribution >= 0.6 is 0 Å². The van der Waals surface area contributed by atoms with Gasteiger partial charge in [0.25, 0.3) is 5.91 Å². The fourth-order valence-electron chi connectivity index (χ4n) is 2.37. The van der Waals surface area contributed by atoms with Gasteiger partial charge < -0.3 is 20.3 Å². The SMILES string of the molecule is CCCNC(=O)CNC(=O)COc1cccc(N2CCCC2=O)c1. The molecule has 0 saturated carbocycles. The van der Waals surface area contributed by atoms with Crippen LogP contribution in [-0.4, -0.2) is 44.0 Å². The summed E-state index contributed by atoms with van der Waals surface area (Å²) < 4.78 is 5.43. The summed E-state index contributed by atoms with van der Waals surface area (Å²) in [6.45, 7) is 3.00. The molecule has 7 nitrogen and oxygen atoms in total. The van der Waals surface area contributed by atoms with Gasteiger partial charge in [-0.3, -0.25) is 14.4 Å². The molecule has 1 aliphatic heterocycles. The molecular formula is C17H23N3O4. The number of hydrogen-bond donors (Lipinski definition) is 2. The maximum Gasteiger partial charge on any atom is 0.258 e. The minimum atomic E-state index is -0.371. The van der Waals surface area contributed by atoms with E-state index in [0.717, 1.165) is 18.5 Å². The summed E-state index contributed by atoms with van der Waals surface area (Å²) >= 11 is 0. The lowest BCUT2D eigenvalue weighted by atomic mass is 10.3. The Balaban J connectivity index is 1.78. The normalized spacial score (nSPS) is 13.7. The first kappa shape index (κ1) is 17.8. The third kappa shape index (κ3) is 5.26. The van der Waals surface area contributed by atoms with E-state index in [-0.39, 0.29) is 30.9 Å². The van der Waals surface area contributed by atoms with Gasteiger partial charge in [0.1, 0.15) is 5.75 Å². The van der Waals surface area contributed by atoms with Crippen LogP contribution < -0.4 is 20.3 Å². The molecule has 1 aromatic carbocycles. The Labute approximate surface area is 141 Å². The highest BCUT2D eigenvalue weighted by Gasteiger charge is 2.21. The third-order valence-corrected chi connectivity index (χ3v) is 3.59. The fourth-order valence-corrected chi connectivity index (χ4v) is 2.37. The highest BCUT2D eigenvalue weighted by molar-refractivity contribution is 5.95. The molecule has 0 bridgehead atoms. The Hall–Kier alpha value is -2.57. The fraction of sp³-hybridized carbons (Fsp3) is 0.471. The first-order chi connectivity index (χ1) is 11.6. The van der Waals surface area contributed by atoms with Crippen molar-refractivity contribution in [3.05, 3.63) is 24.3 Å². The molecule has 1 saturated heterocycles. The minimum Gasteiger partial charge on any atom is -0.484 e. The Morgan fingerprint density at radius 2 is 2.08 bits per heavy atom. The zero-order valence-corrected chi connectivity index (χ0v) is 13.8. The molecule has 7 heteroatoms. The van der Waals surface area contributed by atoms with Gasteiger partial charge in [-0.2, -0.15) is 0 Å². The molecule has 2 rings (SSSR count). The average molecular weight is 333 g/mol. The predicted octanol–water partition coefficient (Wildman–Crippen LogP) is 0.835. The number of amides is 3. The van der Waals surface area contributed by atoms with Crippen molar-refractivity contribution in [3.8, 4) is 5.75 Å². The molecule has 1 aliphatic rings. The van der Waals surface area contributed by atoms with E-state index >= 15 is 0 Å². The molecule has 130 valence electrons. The average Bonchev–Trinajstić information content (AvgIpc) is 3.02. The highest BCUT2D eigenvalue weighted by atomic mass is 16.5. The van der Waals surface area contributed by atoms with Crippen LogP contribution in [0.1, 0.15) is 26.2 Å². The van der Waals surface area contributed by atoms with E-state index in [0.29, 0.717) is 25.3 Å². The van der Waals surface area contributed by atoms with Crippen molar-refractivity contribution >= 4 is 23.4 Å². The number of benzene rings is 1. The van der Waals surface area contributed by atoms with Crippen molar-refractivity contribution in [2.75, 3.05) is 31.1 Å². The van der Waals surface area contributed by atoms with E-state index in [2.05, 4.69) is 10.6 Å². The van der Waals surface area contributed by atoms with Gasteiger partial charge in [-0.1, -0.05) is 13.0 Å². The summed E-state index contributed by atoms with van der Waals surface area (Å²) in [7, 11) is 0. The van der Waals surface area contributed by atoms with Crippen LogP contribution in [0.5, 0.6) is 5.75 Å². The Morgan fingerprint density at radius 3 is 2.79 bits per heavy atom. The van der Waals surface area contributed by atoms with Crippen molar-refractivity contribution in [1.29, 1.82) is 0 Å². The molecule has 0 unspecified atom stereocenters. The first-order valence-corrected chi connectivity index (χ1v) is 8.16. The predicted molar refractivity (Wildman–Crippen MR) is 89.8 cm³/mol. The molecule has 0 radical (unpaired) electrons. The number of rotatable bonds is 8. The second-order valence-electron chi connectivity index (χ2n) is 5.56. The summed E-state index contributed by atoms with van der Waals surface area (Å²) in [5, 5.41) is 5.17. The maximum atomic E-state index is 11.8. The molecule has 0 aromatic heterocycles. The van der Waals surface area contributed by atoms with Crippen molar-refractivity contribution in [3.63, 3.8) is 0 Å². The van der Waals surface area contributed by atoms with E-state index in [1.165, 1.54) is 0 Å². The van der Waals surface area contributed by atoms with Crippen LogP contribution in [0.4, 0.5) is 5.69 Å². The number of carbonyl (C=O) groups is 3. The van der Waals surface area contributed by atoms with Crippen LogP contribution in [0.15, 0.2) is 24.3 Å². The van der Waals surface area contributed by atoms with Gasteiger partial charge in [0, 0.05) is 31.3 Å². The minimum absolute atomic E-state index is 0.0650. The van der Waals surface area contributed by atoms with Gasteiger partial charge in [-0.15, -0.1) is 0 Å². The molecule has 0 atom stereocenters. The third-order valence-electron chi connectivity index (χ3n) is 3.59. The Morgan fingerprint density at radius 1 is 1.25 bits per heavy atom. The van der Waals surface area contributed by atoms with E-state index in [4.69, 9.17) is 4.74 Å². The lowest BCUT2D eigenvalue weighted by Crippen LogP contribution is -2.39. The lowest BCUT2D eigenvalue weighted by molar-refractivity contribution is -0.127. The molecule has 1 fully saturated rings. The molecule has 0 spiro atoms. The number of hydrogen-bond acceptors (Lipinski definition) is 4. The van der Waals surface area contributed by atoms with Gasteiger partial charge in [-0.25, -0.2) is 0 Å². The number of nitrogens with zero attached hydrogens (tertiary/aromatic N) is 1. The largest absolute Gasteiger partial charge is 0.484 e. The van der Waals surface area contributed by atoms with Crippen LogP contribution in [0.3, 0.4) is 0 Å². The standard InChI is InChI=1S/C17H23N3O4/c1-2-8-18-15(21)11-19-16(22)12-24-14-6-3-5-13(10-14)20-9-4-7-17(20)23/h3,5-6,10H,2,4,7-9,11-12H2,1H3,(H,18,21)(H,19,22). The number of carbonyl (C=O) groups excluding carboxylic acids is 3. The second kappa shape index (κ2) is 8.90. The van der Waals surface area contributed by atoms with Gasteiger partial charge in [-0.05, 0) is 25.0 Å². The number of nitrogens with one attached hydrogen (secondary N) is 2. The quantitative estimate of drug-likeness (QED) is 0.738. The van der Waals surface area contributed by atoms with Crippen LogP contribution in [0.25, 0.3) is 0 Å². The molecule has 2 N–H and O–H groups in total. The van der Waals surface area contributed by atoms with E-state index in [1.54, 1.807) is 23.1 Å². The van der Waals surface area contributed by atoms with Gasteiger partial charge in [0.15, 0.2) is 6.61 Å². The summed E-state index contributed by atoms with van der Waals surface area (Å²) in [6, 6.07) is 7.09.